The Hall–Kier alpha value is -2.61. The molecule has 0 bridgehead atoms. The van der Waals surface area contributed by atoms with Gasteiger partial charge in [-0.1, -0.05) is 30.0 Å². The van der Waals surface area contributed by atoms with Gasteiger partial charge in [0.2, 0.25) is 0 Å². The first-order chi connectivity index (χ1) is 8.16. The summed E-state index contributed by atoms with van der Waals surface area (Å²) in [4.78, 5) is 10.2. The van der Waals surface area contributed by atoms with Gasteiger partial charge in [0.15, 0.2) is 0 Å². The van der Waals surface area contributed by atoms with Crippen LogP contribution in [0, 0.1) is 22.0 Å². The van der Waals surface area contributed by atoms with Crippen molar-refractivity contribution in [2.45, 2.75) is 0 Å². The lowest BCUT2D eigenvalue weighted by Crippen LogP contribution is -1.92. The molecule has 0 aliphatic rings. The fourth-order valence-corrected chi connectivity index (χ4v) is 1.36. The molecular weight excluding hydrogens is 218 g/mol. The van der Waals surface area contributed by atoms with Crippen LogP contribution in [0.1, 0.15) is 11.1 Å². The molecule has 2 rings (SSSR count). The van der Waals surface area contributed by atoms with Gasteiger partial charge in [-0.3, -0.25) is 0 Å². The Bertz CT molecular complexity index is 606. The normalized spacial score (nSPS) is 9.47. The lowest BCUT2D eigenvalue weighted by Gasteiger charge is -1.87. The van der Waals surface area contributed by atoms with Crippen molar-refractivity contribution in [2.75, 3.05) is 0 Å². The summed E-state index contributed by atoms with van der Waals surface area (Å²) in [5, 5.41) is 14.4. The summed E-state index contributed by atoms with van der Waals surface area (Å²) in [5.41, 5.74) is 1.13. The van der Waals surface area contributed by atoms with Crippen LogP contribution in [0.5, 0.6) is 0 Å². The van der Waals surface area contributed by atoms with Gasteiger partial charge < -0.3 is 10.1 Å². The van der Waals surface area contributed by atoms with Gasteiger partial charge in [0, 0.05) is 5.56 Å². The van der Waals surface area contributed by atoms with Gasteiger partial charge in [-0.2, -0.15) is 4.68 Å². The van der Waals surface area contributed by atoms with E-state index in [2.05, 4.69) is 16.9 Å². The zero-order valence-electron chi connectivity index (χ0n) is 9.12. The minimum Gasteiger partial charge on any atom is -0.358 e. The standard InChI is InChI=1S/C12H9N3O2/c1-14-9-11(12(13-14)15(16)17)8-7-10-5-3-2-4-6-10/h2-6,9H,1H3. The fraction of sp³-hybridized carbons (Fsp3) is 0.0833. The van der Waals surface area contributed by atoms with Crippen LogP contribution in [0.2, 0.25) is 0 Å². The van der Waals surface area contributed by atoms with Crippen molar-refractivity contribution in [2.24, 2.45) is 7.05 Å². The Morgan fingerprint density at radius 1 is 1.29 bits per heavy atom. The van der Waals surface area contributed by atoms with Gasteiger partial charge in [-0.15, -0.1) is 0 Å². The van der Waals surface area contributed by atoms with E-state index in [1.54, 1.807) is 7.05 Å². The number of nitro groups is 1. The molecule has 0 aliphatic heterocycles. The molecule has 1 heterocycles. The van der Waals surface area contributed by atoms with E-state index >= 15 is 0 Å². The zero-order valence-corrected chi connectivity index (χ0v) is 9.12. The van der Waals surface area contributed by atoms with Crippen LogP contribution >= 0.6 is 0 Å². The summed E-state index contributed by atoms with van der Waals surface area (Å²) in [7, 11) is 1.63. The molecule has 0 amide bonds. The van der Waals surface area contributed by atoms with Crippen molar-refractivity contribution in [3.8, 4) is 11.8 Å². The molecule has 1 aromatic heterocycles. The summed E-state index contributed by atoms with van der Waals surface area (Å²) in [5.74, 6) is 5.41. The molecular formula is C12H9N3O2. The highest BCUT2D eigenvalue weighted by Gasteiger charge is 2.17. The Balaban J connectivity index is 2.37. The van der Waals surface area contributed by atoms with Gasteiger partial charge in [0.25, 0.3) is 0 Å². The van der Waals surface area contributed by atoms with Crippen LogP contribution < -0.4 is 0 Å². The third-order valence-corrected chi connectivity index (χ3v) is 2.10. The first kappa shape index (κ1) is 10.9. The maximum atomic E-state index is 10.7. The summed E-state index contributed by atoms with van der Waals surface area (Å²) in [6, 6.07) is 9.30. The molecule has 0 saturated carbocycles. The lowest BCUT2D eigenvalue weighted by atomic mass is 10.2. The van der Waals surface area contributed by atoms with E-state index in [9.17, 15) is 10.1 Å². The number of benzene rings is 1. The first-order valence-electron chi connectivity index (χ1n) is 4.92. The van der Waals surface area contributed by atoms with E-state index < -0.39 is 4.92 Å². The Labute approximate surface area is 97.8 Å². The fourth-order valence-electron chi connectivity index (χ4n) is 1.36. The Morgan fingerprint density at radius 3 is 2.65 bits per heavy atom. The predicted octanol–water partition coefficient (Wildman–Crippen LogP) is 1.73. The molecule has 0 radical (unpaired) electrons. The van der Waals surface area contributed by atoms with Gasteiger partial charge in [-0.05, 0) is 17.1 Å². The van der Waals surface area contributed by atoms with E-state index in [1.165, 1.54) is 10.9 Å². The maximum Gasteiger partial charge on any atom is 0.405 e. The van der Waals surface area contributed by atoms with Gasteiger partial charge >= 0.3 is 5.82 Å². The largest absolute Gasteiger partial charge is 0.405 e. The molecule has 5 heteroatoms. The summed E-state index contributed by atoms with van der Waals surface area (Å²) >= 11 is 0. The SMILES string of the molecule is Cn1cc(C#Cc2ccccc2)c([N+](=O)[O-])n1. The molecule has 17 heavy (non-hydrogen) atoms. The number of aromatic nitrogens is 2. The number of rotatable bonds is 1. The van der Waals surface area contributed by atoms with Crippen molar-refractivity contribution >= 4 is 5.82 Å². The minimum atomic E-state index is -0.533. The van der Waals surface area contributed by atoms with Gasteiger partial charge in [0.05, 0.1) is 18.3 Å². The molecule has 2 aromatic rings. The van der Waals surface area contributed by atoms with Crippen LogP contribution in [0.4, 0.5) is 5.82 Å². The van der Waals surface area contributed by atoms with Crippen LogP contribution in [-0.4, -0.2) is 14.7 Å². The van der Waals surface area contributed by atoms with E-state index in [0.29, 0.717) is 5.56 Å². The van der Waals surface area contributed by atoms with Crippen molar-refractivity contribution in [3.05, 3.63) is 57.8 Å². The molecule has 0 unspecified atom stereocenters. The minimum absolute atomic E-state index is 0.212. The van der Waals surface area contributed by atoms with Crippen molar-refractivity contribution < 1.29 is 4.92 Å². The average Bonchev–Trinajstić information content (AvgIpc) is 2.69. The smallest absolute Gasteiger partial charge is 0.358 e. The third kappa shape index (κ3) is 2.49. The number of aryl methyl sites for hydroxylation is 1. The molecule has 1 aromatic carbocycles. The topological polar surface area (TPSA) is 61.0 Å². The molecule has 84 valence electrons. The second-order valence-corrected chi connectivity index (χ2v) is 3.41. The highest BCUT2D eigenvalue weighted by atomic mass is 16.6. The van der Waals surface area contributed by atoms with Crippen LogP contribution in [0.25, 0.3) is 0 Å². The van der Waals surface area contributed by atoms with Crippen molar-refractivity contribution in [3.63, 3.8) is 0 Å². The molecule has 0 saturated heterocycles. The van der Waals surface area contributed by atoms with Crippen molar-refractivity contribution in [1.82, 2.24) is 9.78 Å². The number of hydrogen-bond donors (Lipinski definition) is 0. The van der Waals surface area contributed by atoms with Crippen molar-refractivity contribution in [1.29, 1.82) is 0 Å². The van der Waals surface area contributed by atoms with Crippen LogP contribution in [-0.2, 0) is 7.05 Å². The second kappa shape index (κ2) is 4.49. The zero-order chi connectivity index (χ0) is 12.3. The average molecular weight is 227 g/mol. The van der Waals surface area contributed by atoms with Crippen LogP contribution in [0.15, 0.2) is 36.5 Å². The molecule has 0 spiro atoms. The Morgan fingerprint density at radius 2 is 2.00 bits per heavy atom. The van der Waals surface area contributed by atoms with E-state index in [-0.39, 0.29) is 5.82 Å². The molecule has 0 aliphatic carbocycles. The molecule has 5 nitrogen and oxygen atoms in total. The number of nitrogens with zero attached hydrogens (tertiary/aromatic N) is 3. The molecule has 0 fully saturated rings. The second-order valence-electron chi connectivity index (χ2n) is 3.41. The molecule has 0 N–H and O–H groups in total. The number of hydrogen-bond acceptors (Lipinski definition) is 3. The molecule has 0 atom stereocenters. The first-order valence-corrected chi connectivity index (χ1v) is 4.92. The van der Waals surface area contributed by atoms with Gasteiger partial charge in [-0.25, -0.2) is 0 Å². The van der Waals surface area contributed by atoms with E-state index in [1.807, 2.05) is 30.3 Å². The maximum absolute atomic E-state index is 10.7. The summed E-state index contributed by atoms with van der Waals surface area (Å²) in [6.07, 6.45) is 1.54. The van der Waals surface area contributed by atoms with Crippen LogP contribution in [0.3, 0.4) is 0 Å². The quantitative estimate of drug-likeness (QED) is 0.423. The van der Waals surface area contributed by atoms with Gasteiger partial charge in [0.1, 0.15) is 5.56 Å². The Kier molecular flexibility index (Phi) is 2.88. The highest BCUT2D eigenvalue weighted by Crippen LogP contribution is 2.13. The van der Waals surface area contributed by atoms with E-state index in [0.717, 1.165) is 5.56 Å². The lowest BCUT2D eigenvalue weighted by molar-refractivity contribution is -0.390. The third-order valence-electron chi connectivity index (χ3n) is 2.10. The summed E-state index contributed by atoms with van der Waals surface area (Å²) in [6.45, 7) is 0. The monoisotopic (exact) mass is 227 g/mol. The highest BCUT2D eigenvalue weighted by molar-refractivity contribution is 5.48. The van der Waals surface area contributed by atoms with E-state index in [4.69, 9.17) is 0 Å². The summed E-state index contributed by atoms with van der Waals surface area (Å²) < 4.78 is 1.38. The predicted molar refractivity (Wildman–Crippen MR) is 62.3 cm³/mol.